The van der Waals surface area contributed by atoms with E-state index in [2.05, 4.69) is 47.4 Å². The second-order valence-corrected chi connectivity index (χ2v) is 6.33. The maximum atomic E-state index is 12.2. The van der Waals surface area contributed by atoms with Crippen molar-refractivity contribution in [1.29, 1.82) is 0 Å². The number of H-pyrrole nitrogens is 1. The van der Waals surface area contributed by atoms with Gasteiger partial charge < -0.3 is 15.1 Å². The van der Waals surface area contributed by atoms with E-state index in [9.17, 15) is 9.59 Å². The Balaban J connectivity index is 1.41. The predicted octanol–water partition coefficient (Wildman–Crippen LogP) is 1.14. The van der Waals surface area contributed by atoms with Crippen molar-refractivity contribution in [2.24, 2.45) is 0 Å². The number of nitrogens with one attached hydrogen (secondary N) is 2. The van der Waals surface area contributed by atoms with E-state index < -0.39 is 5.91 Å². The van der Waals surface area contributed by atoms with Crippen molar-refractivity contribution in [3.8, 4) is 0 Å². The van der Waals surface area contributed by atoms with Crippen molar-refractivity contribution < 1.29 is 4.79 Å². The number of piperazine rings is 1. The molecule has 2 N–H and O–H groups in total. The zero-order valence-electron chi connectivity index (χ0n) is 15.1. The summed E-state index contributed by atoms with van der Waals surface area (Å²) in [6, 6.07) is 14.7. The zero-order chi connectivity index (χ0) is 19.3. The number of amides is 1. The molecule has 0 spiro atoms. The van der Waals surface area contributed by atoms with Crippen LogP contribution in [0.2, 0.25) is 0 Å². The van der Waals surface area contributed by atoms with Gasteiger partial charge in [0.15, 0.2) is 0 Å². The molecule has 2 aromatic heterocycles. The van der Waals surface area contributed by atoms with Crippen LogP contribution >= 0.6 is 0 Å². The van der Waals surface area contributed by atoms with Crippen LogP contribution in [0.5, 0.6) is 0 Å². The van der Waals surface area contributed by atoms with Crippen LogP contribution in [0.3, 0.4) is 0 Å². The minimum absolute atomic E-state index is 0.108. The molecule has 28 heavy (non-hydrogen) atoms. The number of anilines is 3. The normalized spacial score (nSPS) is 14.0. The Labute approximate surface area is 161 Å². The second kappa shape index (κ2) is 7.87. The van der Waals surface area contributed by atoms with Crippen LogP contribution in [0.25, 0.3) is 0 Å². The van der Waals surface area contributed by atoms with Gasteiger partial charge in [-0.2, -0.15) is 5.10 Å². The minimum Gasteiger partial charge on any atom is -0.368 e. The molecule has 0 unspecified atom stereocenters. The first-order chi connectivity index (χ1) is 13.7. The monoisotopic (exact) mass is 377 g/mol. The maximum Gasteiger partial charge on any atom is 0.277 e. The fraction of sp³-hybridized carbons (Fsp3) is 0.211. The molecule has 1 aromatic carbocycles. The summed E-state index contributed by atoms with van der Waals surface area (Å²) in [5, 5.41) is 8.63. The van der Waals surface area contributed by atoms with Crippen LogP contribution in [0.4, 0.5) is 17.3 Å². The van der Waals surface area contributed by atoms with Gasteiger partial charge >= 0.3 is 0 Å². The number of rotatable bonds is 4. The van der Waals surface area contributed by atoms with Crippen LogP contribution in [0.15, 0.2) is 59.7 Å². The van der Waals surface area contributed by atoms with E-state index in [0.717, 1.165) is 32.0 Å². The van der Waals surface area contributed by atoms with Crippen LogP contribution in [-0.4, -0.2) is 52.3 Å². The van der Waals surface area contributed by atoms with Gasteiger partial charge in [-0.1, -0.05) is 18.2 Å². The number of carbonyl (C=O) groups excluding carboxylic acids is 1. The molecule has 1 saturated heterocycles. The number of aromatic nitrogens is 4. The molecule has 0 bridgehead atoms. The first-order valence-electron chi connectivity index (χ1n) is 8.93. The first-order valence-corrected chi connectivity index (χ1v) is 8.93. The summed E-state index contributed by atoms with van der Waals surface area (Å²) in [5.74, 6) is 0.690. The summed E-state index contributed by atoms with van der Waals surface area (Å²) in [4.78, 5) is 36.2. The van der Waals surface area contributed by atoms with Gasteiger partial charge in [-0.25, -0.2) is 15.1 Å². The average Bonchev–Trinajstić information content (AvgIpc) is 2.75. The summed E-state index contributed by atoms with van der Waals surface area (Å²) in [5.41, 5.74) is 0.956. The van der Waals surface area contributed by atoms with Crippen molar-refractivity contribution in [1.82, 2.24) is 20.2 Å². The van der Waals surface area contributed by atoms with E-state index in [-0.39, 0.29) is 11.3 Å². The summed E-state index contributed by atoms with van der Waals surface area (Å²) in [6.07, 6.45) is 1.43. The van der Waals surface area contributed by atoms with Gasteiger partial charge in [0.1, 0.15) is 23.7 Å². The maximum absolute atomic E-state index is 12.2. The zero-order valence-corrected chi connectivity index (χ0v) is 15.1. The third-order valence-corrected chi connectivity index (χ3v) is 4.53. The number of aromatic amines is 1. The smallest absolute Gasteiger partial charge is 0.277 e. The second-order valence-electron chi connectivity index (χ2n) is 6.33. The third kappa shape index (κ3) is 3.98. The van der Waals surface area contributed by atoms with Crippen LogP contribution in [0.1, 0.15) is 10.5 Å². The van der Waals surface area contributed by atoms with Crippen LogP contribution < -0.4 is 20.7 Å². The molecule has 0 saturated carbocycles. The van der Waals surface area contributed by atoms with Crippen molar-refractivity contribution in [2.75, 3.05) is 41.3 Å². The minimum atomic E-state index is -0.449. The summed E-state index contributed by atoms with van der Waals surface area (Å²) in [6.45, 7) is 3.41. The van der Waals surface area contributed by atoms with Crippen molar-refractivity contribution >= 4 is 23.2 Å². The number of hydrogen-bond donors (Lipinski definition) is 2. The van der Waals surface area contributed by atoms with Crippen LogP contribution in [0, 0.1) is 0 Å². The Morgan fingerprint density at radius 3 is 2.43 bits per heavy atom. The Bertz CT molecular complexity index is 994. The van der Waals surface area contributed by atoms with Crippen molar-refractivity contribution in [3.63, 3.8) is 0 Å². The molecule has 1 aliphatic rings. The van der Waals surface area contributed by atoms with Crippen LogP contribution in [-0.2, 0) is 0 Å². The molecular formula is C19H19N7O2. The molecule has 1 aliphatic heterocycles. The molecule has 9 nitrogen and oxygen atoms in total. The number of carbonyl (C=O) groups is 1. The van der Waals surface area contributed by atoms with E-state index >= 15 is 0 Å². The van der Waals surface area contributed by atoms with E-state index in [4.69, 9.17) is 0 Å². The number of para-hydroxylation sites is 1. The average molecular weight is 377 g/mol. The fourth-order valence-electron chi connectivity index (χ4n) is 3.07. The van der Waals surface area contributed by atoms with Gasteiger partial charge in [0.05, 0.1) is 0 Å². The number of nitrogens with zero attached hydrogens (tertiary/aromatic N) is 5. The lowest BCUT2D eigenvalue weighted by Gasteiger charge is -2.36. The molecule has 3 heterocycles. The summed E-state index contributed by atoms with van der Waals surface area (Å²) < 4.78 is 0. The number of hydrogen-bond acceptors (Lipinski definition) is 7. The SMILES string of the molecule is O=C(Nc1cc(N2CCN(c3ccccc3)CC2)ncn1)c1ccc(=O)[nH]n1. The lowest BCUT2D eigenvalue weighted by molar-refractivity contribution is 0.102. The van der Waals surface area contributed by atoms with E-state index in [0.29, 0.717) is 5.82 Å². The third-order valence-electron chi connectivity index (χ3n) is 4.53. The highest BCUT2D eigenvalue weighted by Gasteiger charge is 2.19. The lowest BCUT2D eigenvalue weighted by Crippen LogP contribution is -2.46. The highest BCUT2D eigenvalue weighted by Crippen LogP contribution is 2.20. The standard InChI is InChI=1S/C19H19N7O2/c27-18-7-6-15(23-24-18)19(28)22-16-12-17(21-13-20-16)26-10-8-25(9-11-26)14-4-2-1-3-5-14/h1-7,12-13H,8-11H2,(H,24,27)(H,20,21,22,28). The van der Waals surface area contributed by atoms with E-state index in [1.165, 1.54) is 24.1 Å². The van der Waals surface area contributed by atoms with Gasteiger partial charge in [0, 0.05) is 44.0 Å². The van der Waals surface area contributed by atoms with Gasteiger partial charge in [-0.3, -0.25) is 9.59 Å². The predicted molar refractivity (Wildman–Crippen MR) is 106 cm³/mol. The Morgan fingerprint density at radius 1 is 0.964 bits per heavy atom. The topological polar surface area (TPSA) is 107 Å². The highest BCUT2D eigenvalue weighted by atomic mass is 16.2. The Hall–Kier alpha value is -3.75. The molecular weight excluding hydrogens is 358 g/mol. The van der Waals surface area contributed by atoms with E-state index in [1.807, 2.05) is 18.2 Å². The quantitative estimate of drug-likeness (QED) is 0.702. The molecule has 0 aliphatic carbocycles. The summed E-state index contributed by atoms with van der Waals surface area (Å²) >= 11 is 0. The summed E-state index contributed by atoms with van der Waals surface area (Å²) in [7, 11) is 0. The van der Waals surface area contributed by atoms with Crippen molar-refractivity contribution in [3.05, 3.63) is 70.9 Å². The highest BCUT2D eigenvalue weighted by molar-refractivity contribution is 6.02. The van der Waals surface area contributed by atoms with Gasteiger partial charge in [0.2, 0.25) is 0 Å². The molecule has 9 heteroatoms. The first kappa shape index (κ1) is 17.7. The number of benzene rings is 1. The largest absolute Gasteiger partial charge is 0.368 e. The molecule has 3 aromatic rings. The Morgan fingerprint density at radius 2 is 1.71 bits per heavy atom. The van der Waals surface area contributed by atoms with Gasteiger partial charge in [0.25, 0.3) is 11.5 Å². The van der Waals surface area contributed by atoms with Gasteiger partial charge in [-0.05, 0) is 18.2 Å². The Kier molecular flexibility index (Phi) is 4.96. The fourth-order valence-corrected chi connectivity index (χ4v) is 3.07. The molecule has 4 rings (SSSR count). The lowest BCUT2D eigenvalue weighted by atomic mass is 10.2. The van der Waals surface area contributed by atoms with Gasteiger partial charge in [-0.15, -0.1) is 0 Å². The molecule has 0 radical (unpaired) electrons. The molecule has 1 amide bonds. The molecule has 0 atom stereocenters. The molecule has 1 fully saturated rings. The van der Waals surface area contributed by atoms with E-state index in [1.54, 1.807) is 6.07 Å². The molecule has 142 valence electrons. The van der Waals surface area contributed by atoms with Crippen molar-refractivity contribution in [2.45, 2.75) is 0 Å².